The van der Waals surface area contributed by atoms with Gasteiger partial charge < -0.3 is 10.2 Å². The zero-order valence-corrected chi connectivity index (χ0v) is 10.9. The van der Waals surface area contributed by atoms with Gasteiger partial charge in [0.05, 0.1) is 0 Å². The largest absolute Gasteiger partial charge is 0.353 e. The minimum Gasteiger partial charge on any atom is -0.353 e. The van der Waals surface area contributed by atoms with Gasteiger partial charge in [0.2, 0.25) is 0 Å². The van der Waals surface area contributed by atoms with Crippen LogP contribution in [0.3, 0.4) is 0 Å². The van der Waals surface area contributed by atoms with Crippen LogP contribution < -0.4 is 10.2 Å². The standard InChI is InChI=1S/C13H19N5/c1-10-5-6-14-8-12(10)17(2)13-11-4-3-7-18(11)16-9-15-13/h3-4,7,9-10,12,14H,5-6,8H2,1-2H3/t10-,12+/m1/s1. The molecule has 3 heterocycles. The number of rotatable bonds is 2. The molecule has 5 heteroatoms. The molecule has 0 spiro atoms. The summed E-state index contributed by atoms with van der Waals surface area (Å²) in [6.07, 6.45) is 4.80. The average Bonchev–Trinajstić information content (AvgIpc) is 2.86. The first-order valence-corrected chi connectivity index (χ1v) is 6.49. The topological polar surface area (TPSA) is 45.5 Å². The number of hydrogen-bond acceptors (Lipinski definition) is 4. The Balaban J connectivity index is 1.95. The van der Waals surface area contributed by atoms with Crippen molar-refractivity contribution in [2.75, 3.05) is 25.0 Å². The second-order valence-electron chi connectivity index (χ2n) is 5.07. The lowest BCUT2D eigenvalue weighted by molar-refractivity contribution is 0.337. The van der Waals surface area contributed by atoms with Gasteiger partial charge in [-0.1, -0.05) is 6.92 Å². The molecule has 0 amide bonds. The third-order valence-electron chi connectivity index (χ3n) is 3.93. The summed E-state index contributed by atoms with van der Waals surface area (Å²) >= 11 is 0. The van der Waals surface area contributed by atoms with Crippen LogP contribution in [0, 0.1) is 5.92 Å². The van der Waals surface area contributed by atoms with Crippen LogP contribution in [0.5, 0.6) is 0 Å². The van der Waals surface area contributed by atoms with Crippen LogP contribution in [0.15, 0.2) is 24.7 Å². The van der Waals surface area contributed by atoms with Gasteiger partial charge in [-0.15, -0.1) is 0 Å². The van der Waals surface area contributed by atoms with E-state index in [0.717, 1.165) is 24.4 Å². The van der Waals surface area contributed by atoms with Gasteiger partial charge in [-0.05, 0) is 31.0 Å². The van der Waals surface area contributed by atoms with Crippen molar-refractivity contribution >= 4 is 11.3 Å². The number of nitrogens with one attached hydrogen (secondary N) is 1. The van der Waals surface area contributed by atoms with E-state index in [1.807, 2.05) is 16.8 Å². The summed E-state index contributed by atoms with van der Waals surface area (Å²) in [4.78, 5) is 6.74. The summed E-state index contributed by atoms with van der Waals surface area (Å²) in [6, 6.07) is 4.56. The molecule has 1 fully saturated rings. The quantitative estimate of drug-likeness (QED) is 0.862. The van der Waals surface area contributed by atoms with Gasteiger partial charge in [0.1, 0.15) is 11.8 Å². The van der Waals surface area contributed by atoms with Crippen molar-refractivity contribution in [1.82, 2.24) is 19.9 Å². The highest BCUT2D eigenvalue weighted by atomic mass is 15.3. The maximum absolute atomic E-state index is 4.45. The van der Waals surface area contributed by atoms with Crippen LogP contribution in [0.25, 0.3) is 5.52 Å². The molecule has 1 aliphatic heterocycles. The maximum Gasteiger partial charge on any atom is 0.156 e. The van der Waals surface area contributed by atoms with Crippen molar-refractivity contribution in [2.45, 2.75) is 19.4 Å². The number of hydrogen-bond donors (Lipinski definition) is 1. The van der Waals surface area contributed by atoms with E-state index in [1.165, 1.54) is 6.42 Å². The number of fused-ring (bicyclic) bond motifs is 1. The summed E-state index contributed by atoms with van der Waals surface area (Å²) < 4.78 is 1.87. The van der Waals surface area contributed by atoms with E-state index >= 15 is 0 Å². The third kappa shape index (κ3) is 1.84. The summed E-state index contributed by atoms with van der Waals surface area (Å²) in [7, 11) is 2.13. The summed E-state index contributed by atoms with van der Waals surface area (Å²) in [5.41, 5.74) is 1.07. The fourth-order valence-electron chi connectivity index (χ4n) is 2.77. The smallest absolute Gasteiger partial charge is 0.156 e. The molecule has 0 bridgehead atoms. The Kier molecular flexibility index (Phi) is 2.91. The summed E-state index contributed by atoms with van der Waals surface area (Å²) in [5.74, 6) is 1.69. The van der Waals surface area contributed by atoms with Crippen molar-refractivity contribution < 1.29 is 0 Å². The molecule has 1 aliphatic rings. The van der Waals surface area contributed by atoms with Gasteiger partial charge in [0.15, 0.2) is 5.82 Å². The molecule has 0 radical (unpaired) electrons. The fourth-order valence-corrected chi connectivity index (χ4v) is 2.77. The predicted molar refractivity (Wildman–Crippen MR) is 71.8 cm³/mol. The van der Waals surface area contributed by atoms with Gasteiger partial charge in [-0.25, -0.2) is 9.50 Å². The molecule has 0 saturated carbocycles. The Morgan fingerprint density at radius 1 is 1.50 bits per heavy atom. The SMILES string of the molecule is C[C@@H]1CCNC[C@@H]1N(C)c1ncnn2cccc12. The monoisotopic (exact) mass is 245 g/mol. The van der Waals surface area contributed by atoms with E-state index in [2.05, 4.69) is 40.3 Å². The first-order chi connectivity index (χ1) is 8.77. The minimum absolute atomic E-state index is 0.493. The number of piperidine rings is 1. The molecule has 0 aromatic carbocycles. The highest BCUT2D eigenvalue weighted by Gasteiger charge is 2.26. The number of aromatic nitrogens is 3. The Hall–Kier alpha value is -1.62. The number of likely N-dealkylation sites (N-methyl/N-ethyl adjacent to an activating group) is 1. The number of anilines is 1. The van der Waals surface area contributed by atoms with E-state index in [-0.39, 0.29) is 0 Å². The molecular formula is C13H19N5. The van der Waals surface area contributed by atoms with Gasteiger partial charge in [-0.2, -0.15) is 5.10 Å². The zero-order chi connectivity index (χ0) is 12.5. The van der Waals surface area contributed by atoms with Gasteiger partial charge in [0.25, 0.3) is 0 Å². The lowest BCUT2D eigenvalue weighted by Crippen LogP contribution is -2.49. The highest BCUT2D eigenvalue weighted by molar-refractivity contribution is 5.68. The normalized spacial score (nSPS) is 24.3. The predicted octanol–water partition coefficient (Wildman–Crippen LogP) is 1.16. The van der Waals surface area contributed by atoms with E-state index in [9.17, 15) is 0 Å². The second kappa shape index (κ2) is 4.57. The molecule has 0 unspecified atom stereocenters. The van der Waals surface area contributed by atoms with E-state index in [0.29, 0.717) is 12.0 Å². The molecule has 1 saturated heterocycles. The van der Waals surface area contributed by atoms with Crippen molar-refractivity contribution in [3.63, 3.8) is 0 Å². The van der Waals surface area contributed by atoms with E-state index in [4.69, 9.17) is 0 Å². The first kappa shape index (κ1) is 11.5. The van der Waals surface area contributed by atoms with Crippen LogP contribution in [-0.4, -0.2) is 40.8 Å². The summed E-state index contributed by atoms with van der Waals surface area (Å²) in [6.45, 7) is 4.46. The summed E-state index contributed by atoms with van der Waals surface area (Å²) in [5, 5.41) is 7.68. The third-order valence-corrected chi connectivity index (χ3v) is 3.93. The molecule has 1 N–H and O–H groups in total. The van der Waals surface area contributed by atoms with Gasteiger partial charge in [-0.3, -0.25) is 0 Å². The van der Waals surface area contributed by atoms with Gasteiger partial charge in [0, 0.05) is 25.8 Å². The van der Waals surface area contributed by atoms with Crippen molar-refractivity contribution in [3.05, 3.63) is 24.7 Å². The lowest BCUT2D eigenvalue weighted by Gasteiger charge is -2.37. The minimum atomic E-state index is 0.493. The molecule has 3 rings (SSSR count). The van der Waals surface area contributed by atoms with Crippen LogP contribution in [0.4, 0.5) is 5.82 Å². The Labute approximate surface area is 107 Å². The Morgan fingerprint density at radius 2 is 2.39 bits per heavy atom. The molecule has 96 valence electrons. The fraction of sp³-hybridized carbons (Fsp3) is 0.538. The zero-order valence-electron chi connectivity index (χ0n) is 10.9. The second-order valence-corrected chi connectivity index (χ2v) is 5.07. The van der Waals surface area contributed by atoms with Gasteiger partial charge >= 0.3 is 0 Å². The number of nitrogens with zero attached hydrogens (tertiary/aromatic N) is 4. The van der Waals surface area contributed by atoms with Crippen LogP contribution in [0.2, 0.25) is 0 Å². The Morgan fingerprint density at radius 3 is 3.22 bits per heavy atom. The van der Waals surface area contributed by atoms with E-state index in [1.54, 1.807) is 6.33 Å². The first-order valence-electron chi connectivity index (χ1n) is 6.49. The molecule has 2 aromatic rings. The molecule has 0 aliphatic carbocycles. The molecule has 2 atom stereocenters. The molecule has 18 heavy (non-hydrogen) atoms. The maximum atomic E-state index is 4.45. The van der Waals surface area contributed by atoms with Crippen molar-refractivity contribution in [1.29, 1.82) is 0 Å². The Bertz CT molecular complexity index is 535. The molecule has 2 aromatic heterocycles. The molecular weight excluding hydrogens is 226 g/mol. The van der Waals surface area contributed by atoms with Crippen molar-refractivity contribution in [2.24, 2.45) is 5.92 Å². The molecule has 5 nitrogen and oxygen atoms in total. The highest BCUT2D eigenvalue weighted by Crippen LogP contribution is 2.24. The van der Waals surface area contributed by atoms with Crippen LogP contribution >= 0.6 is 0 Å². The van der Waals surface area contributed by atoms with Crippen LogP contribution in [-0.2, 0) is 0 Å². The average molecular weight is 245 g/mol. The van der Waals surface area contributed by atoms with Crippen molar-refractivity contribution in [3.8, 4) is 0 Å². The van der Waals surface area contributed by atoms with E-state index < -0.39 is 0 Å². The van der Waals surface area contributed by atoms with Crippen LogP contribution in [0.1, 0.15) is 13.3 Å². The lowest BCUT2D eigenvalue weighted by atomic mass is 9.94.